The Morgan fingerprint density at radius 3 is 0.979 bits per heavy atom. The van der Waals surface area contributed by atoms with Gasteiger partial charge in [0.2, 0.25) is 11.8 Å². The van der Waals surface area contributed by atoms with Crippen molar-refractivity contribution in [2.75, 3.05) is 22.9 Å². The number of rotatable bonds is 25. The normalized spacial score (nSPS) is 13.3. The first-order chi connectivity index (χ1) is 67.7. The average Bonchev–Trinajstić information content (AvgIpc) is 0.666. The molecule has 20 aromatic rings. The number of anilines is 2. The summed E-state index contributed by atoms with van der Waals surface area (Å²) in [5.74, 6) is -2.01. The van der Waals surface area contributed by atoms with Crippen molar-refractivity contribution < 1.29 is 43.3 Å². The molecule has 0 fully saturated rings. The maximum Gasteiger partial charge on any atom is 0.266 e. The Kier molecular flexibility index (Phi) is 21.7. The summed E-state index contributed by atoms with van der Waals surface area (Å²) in [4.78, 5) is 156. The van der Waals surface area contributed by atoms with E-state index in [9.17, 15) is 14.7 Å². The number of hydrogen-bond acceptors (Lipinski definition) is 13. The Morgan fingerprint density at radius 1 is 0.270 bits per heavy atom. The molecule has 3 N–H and O–H groups in total. The largest absolute Gasteiger partial charge is 0.507 e. The van der Waals surface area contributed by atoms with E-state index in [-0.39, 0.29) is 124 Å². The number of para-hydroxylation sites is 4. The average molecular weight is 1860 g/mol. The Morgan fingerprint density at radius 2 is 0.574 bits per heavy atom. The number of carbonyl (C=O) groups is 6. The maximum absolute atomic E-state index is 16.1. The van der Waals surface area contributed by atoms with Crippen molar-refractivity contribution in [1.29, 1.82) is 0 Å². The zero-order valence-corrected chi connectivity index (χ0v) is 81.7. The van der Waals surface area contributed by atoms with Gasteiger partial charge in [-0.3, -0.25) is 47.9 Å². The van der Waals surface area contributed by atoms with Crippen LogP contribution < -0.4 is 52.1 Å². The first-order valence-corrected chi connectivity index (χ1v) is 49.2. The number of pyridine rings is 2. The van der Waals surface area contributed by atoms with Crippen LogP contribution in [0.2, 0.25) is 0 Å². The number of imide groups is 2. The Balaban J connectivity index is 0.536. The molecule has 2 aliphatic rings. The molecule has 0 unspecified atom stereocenters. The number of nitrogens with one attached hydrogen (secondary N) is 2. The van der Waals surface area contributed by atoms with Crippen LogP contribution in [0, 0.1) is 0 Å². The number of amides is 6. The standard InChI is InChI=1S/C122H106N6O13/c1-58(2)70-25-19-26-71(59(3)4)111(70)125-115(132)83-46-43-82-104-95(57-92-101-89(119(136)128(122(92)139)114-76(64(13)14)31-22-32-77(114)65(15)16)54-87-79-24-18-17-23-78(79)86-53-88(118(125)135)98(83)107(82)108(86)109(87)110(101)104)141-69-39-35-67(36-40-69)50-52-124-97(131)48-47-96(130)123-51-49-66-33-37-68(38-34-66)140-94-56-91-100-85(117(134)127(121(91)138)113-74(62(9)10)29-21-30-75(113)63(11)12)44-41-80-102-93(129)55-90-99-84(45-42-81(105(99)102)103(94)106(80)100)116(133)126(120(90)137)112-72(60(5)6)27-20-28-73(112)61(7)8/h17-46,53-65,129H,47-52H2,1-16H3,(H,123,130)(H,124,131). The Bertz CT molecular complexity index is 8970. The summed E-state index contributed by atoms with van der Waals surface area (Å²) in [7, 11) is 0. The van der Waals surface area contributed by atoms with Crippen LogP contribution in [0.1, 0.15) is 268 Å². The van der Waals surface area contributed by atoms with Crippen molar-refractivity contribution >= 4 is 176 Å². The van der Waals surface area contributed by atoms with Crippen molar-refractivity contribution in [3.63, 3.8) is 0 Å². The van der Waals surface area contributed by atoms with E-state index in [0.29, 0.717) is 144 Å². The molecule has 0 aliphatic carbocycles. The van der Waals surface area contributed by atoms with E-state index < -0.39 is 45.9 Å². The second kappa shape index (κ2) is 33.8. The van der Waals surface area contributed by atoms with E-state index >= 15 is 38.4 Å². The molecule has 0 bridgehead atoms. The molecular formula is C122H106N6O13. The summed E-state index contributed by atoms with van der Waals surface area (Å²) in [5.41, 5.74) is 9.82. The summed E-state index contributed by atoms with van der Waals surface area (Å²) in [5, 5.41) is 31.9. The molecule has 0 saturated heterocycles. The topological polar surface area (TPSA) is 250 Å². The fourth-order valence-corrected chi connectivity index (χ4v) is 23.2. The zero-order chi connectivity index (χ0) is 98.7. The predicted octanol–water partition coefficient (Wildman–Crippen LogP) is 26.4. The molecule has 4 heterocycles. The molecular weight excluding hydrogens is 1760 g/mol. The molecule has 141 heavy (non-hydrogen) atoms. The fraction of sp³-hybridized carbons (Fsp3) is 0.246. The van der Waals surface area contributed by atoms with Gasteiger partial charge in [-0.05, 0) is 242 Å². The first kappa shape index (κ1) is 90.4. The minimum Gasteiger partial charge on any atom is -0.507 e. The third-order valence-electron chi connectivity index (χ3n) is 29.8. The van der Waals surface area contributed by atoms with E-state index in [4.69, 9.17) is 9.47 Å². The van der Waals surface area contributed by atoms with Gasteiger partial charge in [-0.15, -0.1) is 0 Å². The molecule has 19 heteroatoms. The lowest BCUT2D eigenvalue weighted by Crippen LogP contribution is -2.42. The van der Waals surface area contributed by atoms with Gasteiger partial charge in [0.1, 0.15) is 28.7 Å². The van der Waals surface area contributed by atoms with E-state index in [1.807, 2.05) is 213 Å². The number of aromatic hydroxyl groups is 1. The fourth-order valence-electron chi connectivity index (χ4n) is 23.2. The molecule has 0 spiro atoms. The molecule has 18 aromatic carbocycles. The van der Waals surface area contributed by atoms with Gasteiger partial charge >= 0.3 is 0 Å². The van der Waals surface area contributed by atoms with Crippen LogP contribution in [0.4, 0.5) is 11.4 Å². The third-order valence-corrected chi connectivity index (χ3v) is 29.8. The highest BCUT2D eigenvalue weighted by molar-refractivity contribution is 6.51. The molecule has 702 valence electrons. The van der Waals surface area contributed by atoms with Crippen LogP contribution in [0.15, 0.2) is 232 Å². The van der Waals surface area contributed by atoms with E-state index in [2.05, 4.69) is 66.0 Å². The summed E-state index contributed by atoms with van der Waals surface area (Å²) in [6.45, 7) is 33.3. The zero-order valence-electron chi connectivity index (χ0n) is 81.7. The van der Waals surface area contributed by atoms with Crippen LogP contribution in [0.5, 0.6) is 28.7 Å². The molecule has 22 rings (SSSR count). The summed E-state index contributed by atoms with van der Waals surface area (Å²) >= 11 is 0. The van der Waals surface area contributed by atoms with Crippen molar-refractivity contribution in [3.05, 3.63) is 332 Å². The molecule has 2 aliphatic heterocycles. The van der Waals surface area contributed by atoms with Gasteiger partial charge in [0.15, 0.2) is 0 Å². The number of fused-ring (bicyclic) bond motifs is 6. The SMILES string of the molecule is CC(C)c1cccc(C(C)C)c1N1C(=O)c2ccc3c4c(Oc5ccc(CCNC(=O)CCC(=O)NCCc6ccc(Oc7cc8c(=O)n(-c9c(C(C)C)cccc9C(C)C)c(=O)c9cc%10c%11ccccc%11c%11cc%12c(=O)n(-c%13c(C(C)C)cccc%13C(C)C)c(=O)c%13ccc%14c7c(c89)c%10c%11c%14c%13%12)cc6)cc5)cc5c6c(ccc(c7c(O)cc(c2c37)C1=O)c64)C(=O)N(c1c(C(C)C)cccc1C(C)C)C5=O. The lowest BCUT2D eigenvalue weighted by molar-refractivity contribution is -0.126. The van der Waals surface area contributed by atoms with Gasteiger partial charge in [0, 0.05) is 107 Å². The van der Waals surface area contributed by atoms with Crippen molar-refractivity contribution in [2.45, 2.75) is 184 Å². The number of benzene rings is 18. The number of phenols is 1. The highest BCUT2D eigenvalue weighted by Gasteiger charge is 2.44. The van der Waals surface area contributed by atoms with Crippen LogP contribution in [0.3, 0.4) is 0 Å². The minimum atomic E-state index is -0.582. The third kappa shape index (κ3) is 13.8. The minimum absolute atomic E-state index is 0.0231. The van der Waals surface area contributed by atoms with Gasteiger partial charge in [-0.1, -0.05) is 250 Å². The predicted molar refractivity (Wildman–Crippen MR) is 568 cm³/mol. The molecule has 6 amide bonds. The van der Waals surface area contributed by atoms with Crippen LogP contribution in [-0.4, -0.2) is 62.8 Å². The molecule has 19 nitrogen and oxygen atoms in total. The number of aromatic nitrogens is 2. The van der Waals surface area contributed by atoms with Crippen molar-refractivity contribution in [2.24, 2.45) is 0 Å². The second-order valence-corrected chi connectivity index (χ2v) is 41.0. The van der Waals surface area contributed by atoms with Gasteiger partial charge in [-0.2, -0.15) is 0 Å². The molecule has 0 saturated carbocycles. The van der Waals surface area contributed by atoms with Gasteiger partial charge < -0.3 is 25.2 Å². The highest BCUT2D eigenvalue weighted by atomic mass is 16.5. The van der Waals surface area contributed by atoms with Gasteiger partial charge in [0.05, 0.1) is 39.3 Å². The Labute approximate surface area is 812 Å². The van der Waals surface area contributed by atoms with Crippen molar-refractivity contribution in [3.8, 4) is 40.1 Å². The quantitative estimate of drug-likeness (QED) is 0.0274. The molecule has 0 radical (unpaired) electrons. The highest BCUT2D eigenvalue weighted by Crippen LogP contribution is 2.58. The van der Waals surface area contributed by atoms with E-state index in [0.717, 1.165) is 88.0 Å². The van der Waals surface area contributed by atoms with Crippen LogP contribution in [-0.2, 0) is 22.4 Å². The first-order valence-electron chi connectivity index (χ1n) is 49.2. The lowest BCUT2D eigenvalue weighted by atomic mass is 9.80. The second-order valence-electron chi connectivity index (χ2n) is 41.0. The molecule has 2 aromatic heterocycles. The summed E-state index contributed by atoms with van der Waals surface area (Å²) in [6, 6.07) is 66.1. The smallest absolute Gasteiger partial charge is 0.266 e. The number of phenolic OH excluding ortho intramolecular Hbond substituents is 1. The summed E-state index contributed by atoms with van der Waals surface area (Å²) in [6.07, 6.45) is 0.718. The maximum atomic E-state index is 16.1. The van der Waals surface area contributed by atoms with Crippen LogP contribution >= 0.6 is 0 Å². The number of ether oxygens (including phenoxy) is 2. The Hall–Kier alpha value is -15.8. The van der Waals surface area contributed by atoms with E-state index in [1.165, 1.54) is 25.0 Å². The van der Waals surface area contributed by atoms with Gasteiger partial charge in [0.25, 0.3) is 45.9 Å². The molecule has 0 atom stereocenters. The van der Waals surface area contributed by atoms with Crippen molar-refractivity contribution in [1.82, 2.24) is 19.8 Å². The summed E-state index contributed by atoms with van der Waals surface area (Å²) < 4.78 is 17.1. The van der Waals surface area contributed by atoms with E-state index in [1.54, 1.807) is 48.5 Å². The monoisotopic (exact) mass is 1860 g/mol. The number of hydrogen-bond donors (Lipinski definition) is 3. The lowest BCUT2D eigenvalue weighted by Gasteiger charge is -2.34. The van der Waals surface area contributed by atoms with Gasteiger partial charge in [-0.25, -0.2) is 18.9 Å². The number of carbonyl (C=O) groups excluding carboxylic acids is 6. The number of nitrogens with zero attached hydrogens (tertiary/aromatic N) is 4. The van der Waals surface area contributed by atoms with Crippen LogP contribution in [0.25, 0.3) is 141 Å².